The van der Waals surface area contributed by atoms with Crippen LogP contribution in [-0.4, -0.2) is 29.8 Å². The van der Waals surface area contributed by atoms with E-state index in [1.165, 1.54) is 0 Å². The lowest BCUT2D eigenvalue weighted by Gasteiger charge is -2.26. The van der Waals surface area contributed by atoms with E-state index in [1.54, 1.807) is 0 Å². The van der Waals surface area contributed by atoms with Crippen molar-refractivity contribution >= 4 is 5.97 Å². The van der Waals surface area contributed by atoms with Crippen molar-refractivity contribution in [1.29, 1.82) is 0 Å². The molecule has 0 amide bonds. The average molecular weight is 201 g/mol. The number of carboxylic acids is 1. The third-order valence-corrected chi connectivity index (χ3v) is 3.08. The number of carbonyl (C=O) groups is 1. The molecule has 1 fully saturated rings. The van der Waals surface area contributed by atoms with Gasteiger partial charge in [-0.1, -0.05) is 6.42 Å². The quantitative estimate of drug-likeness (QED) is 0.651. The van der Waals surface area contributed by atoms with E-state index in [1.807, 2.05) is 6.92 Å². The first-order valence-corrected chi connectivity index (χ1v) is 5.21. The fourth-order valence-electron chi connectivity index (χ4n) is 2.16. The Balaban J connectivity index is 2.46. The smallest absolute Gasteiger partial charge is 0.323 e. The molecule has 4 heteroatoms. The van der Waals surface area contributed by atoms with Crippen molar-refractivity contribution in [2.24, 2.45) is 11.7 Å². The summed E-state index contributed by atoms with van der Waals surface area (Å²) < 4.78 is 5.22. The predicted molar refractivity (Wildman–Crippen MR) is 53.0 cm³/mol. The summed E-state index contributed by atoms with van der Waals surface area (Å²) in [5.41, 5.74) is 4.87. The lowest BCUT2D eigenvalue weighted by Crippen LogP contribution is -2.51. The third-order valence-electron chi connectivity index (χ3n) is 3.08. The van der Waals surface area contributed by atoms with Crippen LogP contribution in [0.25, 0.3) is 0 Å². The van der Waals surface area contributed by atoms with Gasteiger partial charge in [-0.25, -0.2) is 0 Å². The first-order valence-electron chi connectivity index (χ1n) is 5.21. The first kappa shape index (κ1) is 11.5. The van der Waals surface area contributed by atoms with Gasteiger partial charge in [0.05, 0.1) is 0 Å². The first-order chi connectivity index (χ1) is 6.61. The average Bonchev–Trinajstić information content (AvgIpc) is 2.50. The number of aliphatic carboxylic acids is 1. The van der Waals surface area contributed by atoms with Gasteiger partial charge in [0.1, 0.15) is 5.54 Å². The molecule has 1 aliphatic carbocycles. The molecule has 14 heavy (non-hydrogen) atoms. The third kappa shape index (κ3) is 2.25. The molecule has 0 saturated heterocycles. The Bertz CT molecular complexity index is 208. The van der Waals surface area contributed by atoms with Crippen LogP contribution in [0.4, 0.5) is 0 Å². The number of rotatable bonds is 5. The van der Waals surface area contributed by atoms with Gasteiger partial charge in [-0.2, -0.15) is 0 Å². The zero-order valence-corrected chi connectivity index (χ0v) is 8.66. The maximum absolute atomic E-state index is 11.0. The molecule has 0 aliphatic heterocycles. The van der Waals surface area contributed by atoms with E-state index >= 15 is 0 Å². The molecule has 1 saturated carbocycles. The van der Waals surface area contributed by atoms with E-state index in [4.69, 9.17) is 15.6 Å². The van der Waals surface area contributed by atoms with Crippen LogP contribution in [0, 0.1) is 5.92 Å². The molecule has 82 valence electrons. The van der Waals surface area contributed by atoms with E-state index in [0.29, 0.717) is 19.6 Å². The monoisotopic (exact) mass is 201 g/mol. The van der Waals surface area contributed by atoms with E-state index < -0.39 is 11.5 Å². The summed E-state index contributed by atoms with van der Waals surface area (Å²) in [5, 5.41) is 9.03. The van der Waals surface area contributed by atoms with Gasteiger partial charge < -0.3 is 15.6 Å². The molecule has 0 aromatic carbocycles. The molecule has 0 aromatic rings. The number of hydrogen-bond acceptors (Lipinski definition) is 3. The zero-order valence-electron chi connectivity index (χ0n) is 8.66. The van der Waals surface area contributed by atoms with Gasteiger partial charge in [-0.05, 0) is 32.1 Å². The molecule has 1 aliphatic rings. The van der Waals surface area contributed by atoms with Crippen molar-refractivity contribution in [3.63, 3.8) is 0 Å². The van der Waals surface area contributed by atoms with Crippen LogP contribution in [0.3, 0.4) is 0 Å². The molecule has 0 spiro atoms. The highest BCUT2D eigenvalue weighted by Crippen LogP contribution is 2.36. The Kier molecular flexibility index (Phi) is 3.89. The van der Waals surface area contributed by atoms with Crippen LogP contribution in [-0.2, 0) is 9.53 Å². The van der Waals surface area contributed by atoms with Crippen molar-refractivity contribution in [3.05, 3.63) is 0 Å². The minimum Gasteiger partial charge on any atom is -0.480 e. The summed E-state index contributed by atoms with van der Waals surface area (Å²) in [5.74, 6) is -0.789. The molecule has 2 atom stereocenters. The molecule has 0 radical (unpaired) electrons. The van der Waals surface area contributed by atoms with Gasteiger partial charge in [0.15, 0.2) is 0 Å². The van der Waals surface area contributed by atoms with E-state index in [-0.39, 0.29) is 5.92 Å². The fourth-order valence-corrected chi connectivity index (χ4v) is 2.16. The Hall–Kier alpha value is -0.610. The highest BCUT2D eigenvalue weighted by Gasteiger charge is 2.45. The van der Waals surface area contributed by atoms with Gasteiger partial charge in [-0.15, -0.1) is 0 Å². The molecular weight excluding hydrogens is 182 g/mol. The largest absolute Gasteiger partial charge is 0.480 e. The zero-order chi connectivity index (χ0) is 10.6. The number of nitrogens with two attached hydrogens (primary N) is 1. The Labute approximate surface area is 84.4 Å². The van der Waals surface area contributed by atoms with Crippen molar-refractivity contribution in [1.82, 2.24) is 0 Å². The SMILES string of the molecule is CCOCCC1CCCC1(N)C(=O)O. The maximum Gasteiger partial charge on any atom is 0.323 e. The van der Waals surface area contributed by atoms with Crippen LogP contribution in [0.1, 0.15) is 32.6 Å². The number of carboxylic acid groups (broad SMARTS) is 1. The normalized spacial score (nSPS) is 32.0. The summed E-state index contributed by atoms with van der Waals surface area (Å²) in [6.45, 7) is 3.23. The number of hydrogen-bond donors (Lipinski definition) is 2. The van der Waals surface area contributed by atoms with Crippen LogP contribution in [0.2, 0.25) is 0 Å². The molecule has 4 nitrogen and oxygen atoms in total. The molecule has 0 aromatic heterocycles. The maximum atomic E-state index is 11.0. The van der Waals surface area contributed by atoms with Gasteiger partial charge in [0, 0.05) is 13.2 Å². The summed E-state index contributed by atoms with van der Waals surface area (Å²) in [7, 11) is 0. The number of ether oxygens (including phenoxy) is 1. The molecule has 0 heterocycles. The van der Waals surface area contributed by atoms with Crippen molar-refractivity contribution in [2.75, 3.05) is 13.2 Å². The lowest BCUT2D eigenvalue weighted by atomic mass is 9.86. The van der Waals surface area contributed by atoms with Gasteiger partial charge in [0.2, 0.25) is 0 Å². The van der Waals surface area contributed by atoms with Crippen molar-refractivity contribution in [2.45, 2.75) is 38.1 Å². The topological polar surface area (TPSA) is 72.5 Å². The van der Waals surface area contributed by atoms with Gasteiger partial charge in [0.25, 0.3) is 0 Å². The van der Waals surface area contributed by atoms with Crippen LogP contribution >= 0.6 is 0 Å². The highest BCUT2D eigenvalue weighted by atomic mass is 16.5. The Morgan fingerprint density at radius 1 is 1.71 bits per heavy atom. The molecule has 2 unspecified atom stereocenters. The van der Waals surface area contributed by atoms with Gasteiger partial charge in [-0.3, -0.25) is 4.79 Å². The van der Waals surface area contributed by atoms with E-state index in [9.17, 15) is 4.79 Å². The Morgan fingerprint density at radius 3 is 3.00 bits per heavy atom. The molecule has 3 N–H and O–H groups in total. The second kappa shape index (κ2) is 4.75. The van der Waals surface area contributed by atoms with E-state index in [0.717, 1.165) is 19.3 Å². The molecule has 1 rings (SSSR count). The molecular formula is C10H19NO3. The standard InChI is InChI=1S/C10H19NO3/c1-2-14-7-5-8-4-3-6-10(8,11)9(12)13/h8H,2-7,11H2,1H3,(H,12,13). The van der Waals surface area contributed by atoms with Crippen LogP contribution < -0.4 is 5.73 Å². The summed E-state index contributed by atoms with van der Waals surface area (Å²) in [6, 6.07) is 0. The van der Waals surface area contributed by atoms with Crippen LogP contribution in [0.15, 0.2) is 0 Å². The second-order valence-electron chi connectivity index (χ2n) is 3.92. The minimum absolute atomic E-state index is 0.0755. The van der Waals surface area contributed by atoms with Crippen molar-refractivity contribution < 1.29 is 14.6 Å². The second-order valence-corrected chi connectivity index (χ2v) is 3.92. The highest BCUT2D eigenvalue weighted by molar-refractivity contribution is 5.79. The summed E-state index contributed by atoms with van der Waals surface area (Å²) in [4.78, 5) is 11.0. The summed E-state index contributed by atoms with van der Waals surface area (Å²) in [6.07, 6.45) is 3.19. The lowest BCUT2D eigenvalue weighted by molar-refractivity contribution is -0.145. The van der Waals surface area contributed by atoms with Crippen molar-refractivity contribution in [3.8, 4) is 0 Å². The minimum atomic E-state index is -1.00. The summed E-state index contributed by atoms with van der Waals surface area (Å²) >= 11 is 0. The fraction of sp³-hybridized carbons (Fsp3) is 0.900. The van der Waals surface area contributed by atoms with Crippen LogP contribution in [0.5, 0.6) is 0 Å². The Morgan fingerprint density at radius 2 is 2.43 bits per heavy atom. The molecule has 0 bridgehead atoms. The predicted octanol–water partition coefficient (Wildman–Crippen LogP) is 0.995. The van der Waals surface area contributed by atoms with E-state index in [2.05, 4.69) is 0 Å². The van der Waals surface area contributed by atoms with Gasteiger partial charge >= 0.3 is 5.97 Å².